The molecule has 0 aliphatic carbocycles. The minimum absolute atomic E-state index is 0.146. The summed E-state index contributed by atoms with van der Waals surface area (Å²) in [5.41, 5.74) is 0.0980. The first kappa shape index (κ1) is 32.8. The van der Waals surface area contributed by atoms with E-state index in [-0.39, 0.29) is 47.3 Å². The molecule has 10 heteroatoms. The Kier molecular flexibility index (Phi) is 9.59. The molecule has 1 aliphatic heterocycles. The highest BCUT2D eigenvalue weighted by Gasteiger charge is 2.44. The number of likely N-dealkylation sites (tertiary alicyclic amines) is 1. The maximum atomic E-state index is 13.8. The van der Waals surface area contributed by atoms with Crippen molar-refractivity contribution >= 4 is 23.6 Å². The number of nitrogens with zero attached hydrogens (tertiary/aromatic N) is 1. The lowest BCUT2D eigenvalue weighted by atomic mass is 9.78. The number of hydrogen-bond acceptors (Lipinski definition) is 6. The fraction of sp³-hybridized carbons (Fsp3) is 0.500. The monoisotopic (exact) mass is 588 g/mol. The molecule has 2 atom stereocenters. The zero-order chi connectivity index (χ0) is 31.6. The van der Waals surface area contributed by atoms with E-state index < -0.39 is 40.8 Å². The Morgan fingerprint density at radius 2 is 1.50 bits per heavy atom. The maximum absolute atomic E-state index is 13.8. The van der Waals surface area contributed by atoms with Gasteiger partial charge in [0.2, 0.25) is 0 Å². The van der Waals surface area contributed by atoms with Gasteiger partial charge in [0.05, 0.1) is 13.2 Å². The van der Waals surface area contributed by atoms with E-state index in [4.69, 9.17) is 14.9 Å². The molecule has 0 saturated carbocycles. The average molecular weight is 589 g/mol. The van der Waals surface area contributed by atoms with E-state index in [1.807, 2.05) is 30.3 Å². The van der Waals surface area contributed by atoms with E-state index in [0.29, 0.717) is 12.8 Å². The Bertz CT molecular complexity index is 1310. The molecule has 0 aromatic heterocycles. The van der Waals surface area contributed by atoms with Gasteiger partial charge in [-0.25, -0.2) is 9.59 Å². The van der Waals surface area contributed by atoms with Crippen LogP contribution in [0.1, 0.15) is 81.9 Å². The molecule has 0 radical (unpaired) electrons. The Hall–Kier alpha value is -3.69. The van der Waals surface area contributed by atoms with Crippen LogP contribution in [0.5, 0.6) is 5.75 Å². The molecule has 0 spiro atoms. The summed E-state index contributed by atoms with van der Waals surface area (Å²) in [7, 11) is 0. The van der Waals surface area contributed by atoms with Crippen LogP contribution in [0.25, 0.3) is 0 Å². The zero-order valence-electron chi connectivity index (χ0n) is 25.1. The normalized spacial score (nSPS) is 17.8. The van der Waals surface area contributed by atoms with Crippen LogP contribution in [0.3, 0.4) is 0 Å². The molecule has 7 nitrogen and oxygen atoms in total. The van der Waals surface area contributed by atoms with E-state index in [0.717, 1.165) is 5.56 Å². The zero-order valence-corrected chi connectivity index (χ0v) is 25.1. The van der Waals surface area contributed by atoms with Crippen molar-refractivity contribution < 1.29 is 37.0 Å². The van der Waals surface area contributed by atoms with Gasteiger partial charge in [-0.1, -0.05) is 71.9 Å². The number of nitrogens with one attached hydrogen (secondary N) is 1. The summed E-state index contributed by atoms with van der Waals surface area (Å²) in [6.07, 6.45) is -4.37. The summed E-state index contributed by atoms with van der Waals surface area (Å²) in [5.74, 6) is -3.69. The number of rotatable bonds is 8. The van der Waals surface area contributed by atoms with Gasteiger partial charge in [0, 0.05) is 22.6 Å². The molecule has 228 valence electrons. The first-order chi connectivity index (χ1) is 19.3. The lowest BCUT2D eigenvalue weighted by Gasteiger charge is -2.30. The third kappa shape index (κ3) is 7.57. The number of halogens is 3. The predicted octanol–water partition coefficient (Wildman–Crippen LogP) is 6.41. The Morgan fingerprint density at radius 3 is 1.98 bits per heavy atom. The van der Waals surface area contributed by atoms with Crippen LogP contribution >= 0.6 is 0 Å². The van der Waals surface area contributed by atoms with Crippen LogP contribution in [0.15, 0.2) is 42.5 Å². The third-order valence-corrected chi connectivity index (χ3v) is 7.23. The molecular formula is C32H39F3N2O5. The molecule has 1 heterocycles. The van der Waals surface area contributed by atoms with Crippen molar-refractivity contribution in [1.29, 1.82) is 5.41 Å². The molecule has 3 rings (SSSR count). The minimum Gasteiger partial charge on any atom is -0.464 e. The van der Waals surface area contributed by atoms with Gasteiger partial charge in [0.25, 0.3) is 0 Å². The number of benzene rings is 2. The van der Waals surface area contributed by atoms with E-state index in [2.05, 4.69) is 0 Å². The SMILES string of the molecule is CCOC(=O)C1CC(Cc2ccccc2)C(=N)N1CC(=O)c1cc(C(C)(C)C)c(OC(=O)C(F)(F)F)c(C(C)(C)C)c1. The molecule has 1 N–H and O–H groups in total. The number of Topliss-reactive ketones (excluding diaryl/α,β-unsaturated/α-hetero) is 1. The second-order valence-electron chi connectivity index (χ2n) is 12.6. The van der Waals surface area contributed by atoms with Crippen molar-refractivity contribution in [2.24, 2.45) is 5.92 Å². The van der Waals surface area contributed by atoms with Crippen molar-refractivity contribution in [3.05, 3.63) is 64.7 Å². The number of alkyl halides is 3. The van der Waals surface area contributed by atoms with Gasteiger partial charge in [-0.3, -0.25) is 10.2 Å². The second kappa shape index (κ2) is 12.3. The smallest absolute Gasteiger partial charge is 0.464 e. The number of esters is 2. The van der Waals surface area contributed by atoms with Crippen LogP contribution in [0, 0.1) is 11.3 Å². The van der Waals surface area contributed by atoms with Gasteiger partial charge in [-0.05, 0) is 48.3 Å². The number of ketones is 1. The Labute approximate surface area is 244 Å². The van der Waals surface area contributed by atoms with Gasteiger partial charge in [-0.15, -0.1) is 0 Å². The summed E-state index contributed by atoms with van der Waals surface area (Å²) in [6.45, 7) is 12.0. The largest absolute Gasteiger partial charge is 0.491 e. The minimum atomic E-state index is -5.20. The van der Waals surface area contributed by atoms with Gasteiger partial charge in [-0.2, -0.15) is 13.2 Å². The molecule has 1 aliphatic rings. The number of hydrogen-bond donors (Lipinski definition) is 1. The average Bonchev–Trinajstić information content (AvgIpc) is 3.17. The van der Waals surface area contributed by atoms with Crippen LogP contribution < -0.4 is 4.74 Å². The van der Waals surface area contributed by atoms with Gasteiger partial charge >= 0.3 is 18.1 Å². The highest BCUT2D eigenvalue weighted by atomic mass is 19.4. The van der Waals surface area contributed by atoms with Gasteiger partial charge in [0.1, 0.15) is 17.6 Å². The number of amidine groups is 1. The van der Waals surface area contributed by atoms with Crippen molar-refractivity contribution in [3.63, 3.8) is 0 Å². The summed E-state index contributed by atoms with van der Waals surface area (Å²) in [4.78, 5) is 40.1. The highest BCUT2D eigenvalue weighted by molar-refractivity contribution is 6.02. The molecule has 2 aromatic rings. The number of carbonyl (C=O) groups is 3. The summed E-state index contributed by atoms with van der Waals surface area (Å²) in [5, 5.41) is 8.88. The van der Waals surface area contributed by atoms with E-state index in [1.165, 1.54) is 17.0 Å². The van der Waals surface area contributed by atoms with Crippen molar-refractivity contribution in [2.45, 2.75) is 84.4 Å². The summed E-state index contributed by atoms with van der Waals surface area (Å²) < 4.78 is 49.8. The molecule has 0 bridgehead atoms. The van der Waals surface area contributed by atoms with E-state index >= 15 is 0 Å². The summed E-state index contributed by atoms with van der Waals surface area (Å²) >= 11 is 0. The van der Waals surface area contributed by atoms with E-state index in [1.54, 1.807) is 48.5 Å². The molecular weight excluding hydrogens is 549 g/mol. The Morgan fingerprint density at radius 1 is 0.952 bits per heavy atom. The quantitative estimate of drug-likeness (QED) is 0.218. The molecule has 0 amide bonds. The van der Waals surface area contributed by atoms with E-state index in [9.17, 15) is 27.6 Å². The lowest BCUT2D eigenvalue weighted by molar-refractivity contribution is -0.189. The third-order valence-electron chi connectivity index (χ3n) is 7.23. The van der Waals surface area contributed by atoms with Crippen LogP contribution in [-0.4, -0.2) is 53.8 Å². The summed E-state index contributed by atoms with van der Waals surface area (Å²) in [6, 6.07) is 11.6. The molecule has 1 fully saturated rings. The molecule has 42 heavy (non-hydrogen) atoms. The van der Waals surface area contributed by atoms with Crippen molar-refractivity contribution in [2.75, 3.05) is 13.2 Å². The highest BCUT2D eigenvalue weighted by Crippen LogP contribution is 2.42. The second-order valence-corrected chi connectivity index (χ2v) is 12.6. The van der Waals surface area contributed by atoms with Gasteiger partial charge in [0.15, 0.2) is 5.78 Å². The first-order valence-electron chi connectivity index (χ1n) is 13.9. The van der Waals surface area contributed by atoms with Crippen LogP contribution in [0.4, 0.5) is 13.2 Å². The van der Waals surface area contributed by atoms with Crippen LogP contribution in [-0.2, 0) is 31.6 Å². The first-order valence-corrected chi connectivity index (χ1v) is 13.9. The lowest BCUT2D eigenvalue weighted by Crippen LogP contribution is -2.42. The number of ether oxygens (including phenoxy) is 2. The standard InChI is InChI=1S/C32H39F3N2O5/c1-8-41-28(39)24-17-21(14-19-12-10-9-11-13-19)27(36)37(24)18-25(38)20-15-22(30(2,3)4)26(23(16-20)31(5,6)7)42-29(40)32(33,34)35/h9-13,15-16,21,24,36H,8,14,17-18H2,1-7H3. The predicted molar refractivity (Wildman–Crippen MR) is 153 cm³/mol. The van der Waals surface area contributed by atoms with Gasteiger partial charge < -0.3 is 14.4 Å². The Balaban J connectivity index is 2.03. The fourth-order valence-corrected chi connectivity index (χ4v) is 5.06. The van der Waals surface area contributed by atoms with Crippen molar-refractivity contribution in [3.8, 4) is 5.75 Å². The maximum Gasteiger partial charge on any atom is 0.491 e. The topological polar surface area (TPSA) is 96.8 Å². The van der Waals surface area contributed by atoms with Crippen LogP contribution in [0.2, 0.25) is 0 Å². The molecule has 2 unspecified atom stereocenters. The fourth-order valence-electron chi connectivity index (χ4n) is 5.06. The molecule has 1 saturated heterocycles. The molecule has 2 aromatic carbocycles. The van der Waals surface area contributed by atoms with Crippen molar-refractivity contribution in [1.82, 2.24) is 4.90 Å². The number of carbonyl (C=O) groups excluding carboxylic acids is 3.